The molecule has 0 bridgehead atoms. The van der Waals surface area contributed by atoms with Gasteiger partial charge in [-0.05, 0) is 51.5 Å². The number of rotatable bonds is 4. The van der Waals surface area contributed by atoms with E-state index in [4.69, 9.17) is 0 Å². The summed E-state index contributed by atoms with van der Waals surface area (Å²) < 4.78 is 0. The van der Waals surface area contributed by atoms with Crippen LogP contribution in [0.15, 0.2) is 42.5 Å². The van der Waals surface area contributed by atoms with Gasteiger partial charge >= 0.3 is 6.03 Å². The molecular formula is C19H23N3O2. The first-order chi connectivity index (χ1) is 11.4. The van der Waals surface area contributed by atoms with E-state index in [1.54, 1.807) is 18.2 Å². The number of anilines is 2. The number of para-hydroxylation sites is 1. The van der Waals surface area contributed by atoms with Crippen molar-refractivity contribution < 1.29 is 9.59 Å². The van der Waals surface area contributed by atoms with Gasteiger partial charge in [0.2, 0.25) is 0 Å². The molecule has 0 atom stereocenters. The standard InChI is InChI=1S/C19H23N3O2/c1-12(2)20-19(24)21-16-7-5-6-14(4)17(16)22-18(23)15-10-8-13(3)9-11-15/h5-12H,1-4H3,(H,22,23)(H2,20,21,24). The maximum atomic E-state index is 12.5. The normalized spacial score (nSPS) is 10.4. The number of aryl methyl sites for hydroxylation is 2. The summed E-state index contributed by atoms with van der Waals surface area (Å²) in [6.07, 6.45) is 0. The average molecular weight is 325 g/mol. The van der Waals surface area contributed by atoms with Gasteiger partial charge < -0.3 is 16.0 Å². The molecule has 0 spiro atoms. The Balaban J connectivity index is 2.21. The smallest absolute Gasteiger partial charge is 0.319 e. The van der Waals surface area contributed by atoms with Crippen LogP contribution in [0.4, 0.5) is 16.2 Å². The molecule has 2 rings (SSSR count). The molecule has 0 saturated carbocycles. The van der Waals surface area contributed by atoms with E-state index in [-0.39, 0.29) is 18.0 Å². The minimum atomic E-state index is -0.304. The van der Waals surface area contributed by atoms with Gasteiger partial charge in [0.05, 0.1) is 11.4 Å². The average Bonchev–Trinajstić information content (AvgIpc) is 2.50. The van der Waals surface area contributed by atoms with Crippen LogP contribution >= 0.6 is 0 Å². The van der Waals surface area contributed by atoms with Crippen LogP contribution in [-0.2, 0) is 0 Å². The maximum Gasteiger partial charge on any atom is 0.319 e. The summed E-state index contributed by atoms with van der Waals surface area (Å²) in [4.78, 5) is 24.4. The number of carbonyl (C=O) groups is 2. The Morgan fingerprint density at radius 3 is 2.21 bits per heavy atom. The fourth-order valence-corrected chi connectivity index (χ4v) is 2.25. The van der Waals surface area contributed by atoms with Gasteiger partial charge in [0.25, 0.3) is 5.91 Å². The summed E-state index contributed by atoms with van der Waals surface area (Å²) in [5.74, 6) is -0.211. The Morgan fingerprint density at radius 1 is 0.917 bits per heavy atom. The lowest BCUT2D eigenvalue weighted by molar-refractivity contribution is 0.102. The Kier molecular flexibility index (Phi) is 5.58. The summed E-state index contributed by atoms with van der Waals surface area (Å²) >= 11 is 0. The van der Waals surface area contributed by atoms with Crippen LogP contribution in [0.1, 0.15) is 35.3 Å². The van der Waals surface area contributed by atoms with Gasteiger partial charge in [-0.15, -0.1) is 0 Å². The zero-order chi connectivity index (χ0) is 17.7. The molecule has 0 aliphatic carbocycles. The lowest BCUT2D eigenvalue weighted by Gasteiger charge is -2.16. The number of urea groups is 1. The number of hydrogen-bond donors (Lipinski definition) is 3. The van der Waals surface area contributed by atoms with Gasteiger partial charge in [-0.3, -0.25) is 4.79 Å². The Hall–Kier alpha value is -2.82. The van der Waals surface area contributed by atoms with Crippen LogP contribution in [0.2, 0.25) is 0 Å². The molecule has 0 fully saturated rings. The highest BCUT2D eigenvalue weighted by Crippen LogP contribution is 2.26. The van der Waals surface area contributed by atoms with Crippen molar-refractivity contribution in [3.63, 3.8) is 0 Å². The first-order valence-electron chi connectivity index (χ1n) is 7.92. The third-order valence-corrected chi connectivity index (χ3v) is 3.49. The molecule has 5 heteroatoms. The predicted octanol–water partition coefficient (Wildman–Crippen LogP) is 4.09. The zero-order valence-electron chi connectivity index (χ0n) is 14.4. The Bertz CT molecular complexity index is 737. The van der Waals surface area contributed by atoms with Gasteiger partial charge in [-0.1, -0.05) is 29.8 Å². The van der Waals surface area contributed by atoms with E-state index in [0.717, 1.165) is 11.1 Å². The predicted molar refractivity (Wildman–Crippen MR) is 97.6 cm³/mol. The molecule has 5 nitrogen and oxygen atoms in total. The minimum absolute atomic E-state index is 0.0282. The van der Waals surface area contributed by atoms with Crippen molar-refractivity contribution in [3.05, 3.63) is 59.2 Å². The minimum Gasteiger partial charge on any atom is -0.336 e. The number of hydrogen-bond acceptors (Lipinski definition) is 2. The van der Waals surface area contributed by atoms with Crippen molar-refractivity contribution in [3.8, 4) is 0 Å². The number of nitrogens with one attached hydrogen (secondary N) is 3. The lowest BCUT2D eigenvalue weighted by atomic mass is 10.1. The Labute approximate surface area is 142 Å². The van der Waals surface area contributed by atoms with Crippen molar-refractivity contribution in [2.75, 3.05) is 10.6 Å². The summed E-state index contributed by atoms with van der Waals surface area (Å²) in [7, 11) is 0. The SMILES string of the molecule is Cc1ccc(C(=O)Nc2c(C)cccc2NC(=O)NC(C)C)cc1. The summed E-state index contributed by atoms with van der Waals surface area (Å²) in [6.45, 7) is 7.63. The topological polar surface area (TPSA) is 70.2 Å². The van der Waals surface area contributed by atoms with Crippen molar-refractivity contribution >= 4 is 23.3 Å². The van der Waals surface area contributed by atoms with Crippen molar-refractivity contribution in [2.24, 2.45) is 0 Å². The molecule has 0 aromatic heterocycles. The number of carbonyl (C=O) groups excluding carboxylic acids is 2. The molecule has 0 saturated heterocycles. The first kappa shape index (κ1) is 17.5. The largest absolute Gasteiger partial charge is 0.336 e. The highest BCUT2D eigenvalue weighted by atomic mass is 16.2. The maximum absolute atomic E-state index is 12.5. The molecule has 24 heavy (non-hydrogen) atoms. The fraction of sp³-hybridized carbons (Fsp3) is 0.263. The molecule has 3 amide bonds. The van der Waals surface area contributed by atoms with Crippen LogP contribution < -0.4 is 16.0 Å². The van der Waals surface area contributed by atoms with Crippen molar-refractivity contribution in [2.45, 2.75) is 33.7 Å². The lowest BCUT2D eigenvalue weighted by Crippen LogP contribution is -2.34. The molecule has 0 unspecified atom stereocenters. The van der Waals surface area contributed by atoms with Crippen LogP contribution in [0, 0.1) is 13.8 Å². The monoisotopic (exact) mass is 325 g/mol. The van der Waals surface area contributed by atoms with E-state index >= 15 is 0 Å². The number of benzene rings is 2. The Morgan fingerprint density at radius 2 is 1.58 bits per heavy atom. The molecule has 2 aromatic carbocycles. The van der Waals surface area contributed by atoms with Crippen LogP contribution in [0.25, 0.3) is 0 Å². The molecular weight excluding hydrogens is 302 g/mol. The fourth-order valence-electron chi connectivity index (χ4n) is 2.25. The summed E-state index contributed by atoms with van der Waals surface area (Å²) in [5.41, 5.74) is 3.70. The second-order valence-corrected chi connectivity index (χ2v) is 6.07. The quantitative estimate of drug-likeness (QED) is 0.792. The van der Waals surface area contributed by atoms with Crippen LogP contribution in [0.5, 0.6) is 0 Å². The highest BCUT2D eigenvalue weighted by Gasteiger charge is 2.13. The summed E-state index contributed by atoms with van der Waals surface area (Å²) in [6, 6.07) is 12.5. The van der Waals surface area contributed by atoms with E-state index < -0.39 is 0 Å². The van der Waals surface area contributed by atoms with E-state index in [2.05, 4.69) is 16.0 Å². The van der Waals surface area contributed by atoms with Gasteiger partial charge in [0, 0.05) is 11.6 Å². The zero-order valence-corrected chi connectivity index (χ0v) is 14.4. The van der Waals surface area contributed by atoms with Crippen LogP contribution in [-0.4, -0.2) is 18.0 Å². The summed E-state index contributed by atoms with van der Waals surface area (Å²) in [5, 5.41) is 8.44. The molecule has 2 aromatic rings. The highest BCUT2D eigenvalue weighted by molar-refractivity contribution is 6.07. The van der Waals surface area contributed by atoms with Crippen molar-refractivity contribution in [1.29, 1.82) is 0 Å². The first-order valence-corrected chi connectivity index (χ1v) is 7.92. The van der Waals surface area contributed by atoms with E-state index in [1.807, 2.05) is 52.0 Å². The molecule has 0 radical (unpaired) electrons. The molecule has 0 aliphatic rings. The molecule has 0 heterocycles. The van der Waals surface area contributed by atoms with Gasteiger partial charge in [-0.2, -0.15) is 0 Å². The third-order valence-electron chi connectivity index (χ3n) is 3.49. The molecule has 0 aliphatic heterocycles. The third kappa shape index (κ3) is 4.59. The van der Waals surface area contributed by atoms with Gasteiger partial charge in [0.15, 0.2) is 0 Å². The van der Waals surface area contributed by atoms with E-state index in [9.17, 15) is 9.59 Å². The number of amides is 3. The van der Waals surface area contributed by atoms with Gasteiger partial charge in [-0.25, -0.2) is 4.79 Å². The second-order valence-electron chi connectivity index (χ2n) is 6.07. The van der Waals surface area contributed by atoms with Crippen molar-refractivity contribution in [1.82, 2.24) is 5.32 Å². The van der Waals surface area contributed by atoms with E-state index in [0.29, 0.717) is 16.9 Å². The molecule has 126 valence electrons. The van der Waals surface area contributed by atoms with Crippen LogP contribution in [0.3, 0.4) is 0 Å². The van der Waals surface area contributed by atoms with E-state index in [1.165, 1.54) is 0 Å². The molecule has 3 N–H and O–H groups in total. The second kappa shape index (κ2) is 7.64. The van der Waals surface area contributed by atoms with Gasteiger partial charge in [0.1, 0.15) is 0 Å².